The predicted octanol–water partition coefficient (Wildman–Crippen LogP) is 5.98. The number of rotatable bonds is 1. The first kappa shape index (κ1) is 17.9. The van der Waals surface area contributed by atoms with Crippen LogP contribution in [0.25, 0.3) is 0 Å². The molecule has 3 aliphatic rings. The van der Waals surface area contributed by atoms with Crippen LogP contribution in [0, 0.1) is 6.92 Å². The van der Waals surface area contributed by atoms with E-state index in [1.165, 1.54) is 54.4 Å². The Labute approximate surface area is 158 Å². The van der Waals surface area contributed by atoms with Gasteiger partial charge in [-0.05, 0) is 78.5 Å². The molecule has 2 atom stereocenters. The standard InChI is InChI=1S/C23H34OS/c1-15-11-19-20(22(4,5)10-9-21(19,2)3)12-18(15)23(24)13-16-7-6-8-17(14-23)25-16/h11-12,16-17,24H,6-10,13-14H2,1-5H3. The van der Waals surface area contributed by atoms with Gasteiger partial charge in [0.15, 0.2) is 0 Å². The fourth-order valence-corrected chi connectivity index (χ4v) is 7.46. The summed E-state index contributed by atoms with van der Waals surface area (Å²) in [4.78, 5) is 0. The lowest BCUT2D eigenvalue weighted by atomic mass is 9.62. The SMILES string of the molecule is Cc1cc2c(cc1C1(O)CC3CCCC(C1)S3)C(C)(C)CCC2(C)C. The van der Waals surface area contributed by atoms with Gasteiger partial charge in [-0.1, -0.05) is 46.2 Å². The number of aliphatic hydroxyl groups is 1. The fraction of sp³-hybridized carbons (Fsp3) is 0.739. The van der Waals surface area contributed by atoms with Crippen molar-refractivity contribution in [3.63, 3.8) is 0 Å². The molecule has 0 aromatic heterocycles. The lowest BCUT2D eigenvalue weighted by Gasteiger charge is -2.47. The molecule has 1 aromatic rings. The predicted molar refractivity (Wildman–Crippen MR) is 109 cm³/mol. The van der Waals surface area contributed by atoms with Gasteiger partial charge in [-0.2, -0.15) is 11.8 Å². The molecule has 0 amide bonds. The summed E-state index contributed by atoms with van der Waals surface area (Å²) >= 11 is 2.14. The third-order valence-corrected chi connectivity index (χ3v) is 8.84. The van der Waals surface area contributed by atoms with Crippen LogP contribution in [0.2, 0.25) is 0 Å². The molecule has 1 aromatic carbocycles. The summed E-state index contributed by atoms with van der Waals surface area (Å²) in [5.74, 6) is 0. The molecule has 4 rings (SSSR count). The molecular formula is C23H34OS. The molecule has 1 N–H and O–H groups in total. The number of hydrogen-bond donors (Lipinski definition) is 1. The first-order chi connectivity index (χ1) is 11.6. The van der Waals surface area contributed by atoms with E-state index in [2.05, 4.69) is 58.5 Å². The topological polar surface area (TPSA) is 20.2 Å². The molecule has 0 saturated carbocycles. The number of hydrogen-bond acceptors (Lipinski definition) is 2. The number of benzene rings is 1. The smallest absolute Gasteiger partial charge is 0.0920 e. The van der Waals surface area contributed by atoms with E-state index in [9.17, 15) is 5.11 Å². The van der Waals surface area contributed by atoms with E-state index in [0.29, 0.717) is 10.5 Å². The van der Waals surface area contributed by atoms with Gasteiger partial charge in [-0.3, -0.25) is 0 Å². The zero-order chi connectivity index (χ0) is 18.0. The van der Waals surface area contributed by atoms with E-state index < -0.39 is 5.60 Å². The van der Waals surface area contributed by atoms with Gasteiger partial charge in [0, 0.05) is 10.5 Å². The van der Waals surface area contributed by atoms with Crippen molar-refractivity contribution >= 4 is 11.8 Å². The average Bonchev–Trinajstić information content (AvgIpc) is 2.51. The van der Waals surface area contributed by atoms with Gasteiger partial charge in [0.2, 0.25) is 0 Å². The van der Waals surface area contributed by atoms with E-state index in [1.54, 1.807) is 0 Å². The Morgan fingerprint density at radius 2 is 1.40 bits per heavy atom. The molecule has 2 unspecified atom stereocenters. The highest BCUT2D eigenvalue weighted by molar-refractivity contribution is 8.00. The van der Waals surface area contributed by atoms with Crippen molar-refractivity contribution in [2.45, 2.75) is 106 Å². The Balaban J connectivity index is 1.81. The number of thioether (sulfide) groups is 1. The van der Waals surface area contributed by atoms with E-state index in [-0.39, 0.29) is 10.8 Å². The minimum Gasteiger partial charge on any atom is -0.385 e. The van der Waals surface area contributed by atoms with Crippen LogP contribution in [0.1, 0.15) is 94.9 Å². The van der Waals surface area contributed by atoms with Crippen LogP contribution in [0.3, 0.4) is 0 Å². The molecule has 2 fully saturated rings. The lowest BCUT2D eigenvalue weighted by molar-refractivity contribution is 0.00735. The van der Waals surface area contributed by atoms with Crippen molar-refractivity contribution in [2.75, 3.05) is 0 Å². The molecule has 0 radical (unpaired) electrons. The molecule has 2 heteroatoms. The van der Waals surface area contributed by atoms with Gasteiger partial charge in [0.25, 0.3) is 0 Å². The molecule has 0 spiro atoms. The molecular weight excluding hydrogens is 324 g/mol. The molecule has 1 aliphatic carbocycles. The first-order valence-corrected chi connectivity index (χ1v) is 11.1. The van der Waals surface area contributed by atoms with Crippen LogP contribution in [0.5, 0.6) is 0 Å². The Morgan fingerprint density at radius 1 is 0.880 bits per heavy atom. The maximum Gasteiger partial charge on any atom is 0.0920 e. The Kier molecular flexibility index (Phi) is 4.13. The molecule has 2 heterocycles. The van der Waals surface area contributed by atoms with Gasteiger partial charge in [0.05, 0.1) is 5.60 Å². The largest absolute Gasteiger partial charge is 0.385 e. The van der Waals surface area contributed by atoms with Crippen LogP contribution in [0.4, 0.5) is 0 Å². The second-order valence-electron chi connectivity index (χ2n) is 10.2. The first-order valence-electron chi connectivity index (χ1n) is 10.1. The molecule has 138 valence electrons. The maximum atomic E-state index is 11.7. The van der Waals surface area contributed by atoms with Crippen LogP contribution < -0.4 is 0 Å². The number of aryl methyl sites for hydroxylation is 1. The van der Waals surface area contributed by atoms with E-state index in [0.717, 1.165) is 12.8 Å². The van der Waals surface area contributed by atoms with Crippen LogP contribution in [-0.2, 0) is 16.4 Å². The lowest BCUT2D eigenvalue weighted by Crippen LogP contribution is -2.42. The van der Waals surface area contributed by atoms with Crippen molar-refractivity contribution in [1.29, 1.82) is 0 Å². The highest BCUT2D eigenvalue weighted by Crippen LogP contribution is 2.52. The van der Waals surface area contributed by atoms with Crippen LogP contribution >= 0.6 is 11.8 Å². The van der Waals surface area contributed by atoms with Crippen molar-refractivity contribution in [3.8, 4) is 0 Å². The number of fused-ring (bicyclic) bond motifs is 3. The maximum absolute atomic E-state index is 11.7. The zero-order valence-electron chi connectivity index (χ0n) is 16.6. The Bertz CT molecular complexity index is 676. The van der Waals surface area contributed by atoms with Crippen LogP contribution in [0.15, 0.2) is 12.1 Å². The minimum atomic E-state index is -0.613. The van der Waals surface area contributed by atoms with Crippen LogP contribution in [-0.4, -0.2) is 15.6 Å². The minimum absolute atomic E-state index is 0.211. The van der Waals surface area contributed by atoms with Crippen molar-refractivity contribution < 1.29 is 5.11 Å². The average molecular weight is 359 g/mol. The molecule has 25 heavy (non-hydrogen) atoms. The summed E-state index contributed by atoms with van der Waals surface area (Å²) < 4.78 is 0. The second kappa shape index (κ2) is 5.76. The quantitative estimate of drug-likeness (QED) is 0.666. The zero-order valence-corrected chi connectivity index (χ0v) is 17.4. The Morgan fingerprint density at radius 3 is 1.96 bits per heavy atom. The van der Waals surface area contributed by atoms with Crippen molar-refractivity contribution in [3.05, 3.63) is 34.4 Å². The van der Waals surface area contributed by atoms with Crippen molar-refractivity contribution in [1.82, 2.24) is 0 Å². The third kappa shape index (κ3) is 2.98. The summed E-state index contributed by atoms with van der Waals surface area (Å²) in [5, 5.41) is 13.0. The highest BCUT2D eigenvalue weighted by atomic mass is 32.2. The summed E-state index contributed by atoms with van der Waals surface area (Å²) in [6.07, 6.45) is 8.28. The normalized spacial score (nSPS) is 35.9. The fourth-order valence-electron chi connectivity index (χ4n) is 5.56. The monoisotopic (exact) mass is 358 g/mol. The Hall–Kier alpha value is -0.470. The van der Waals surface area contributed by atoms with E-state index >= 15 is 0 Å². The molecule has 1 nitrogen and oxygen atoms in total. The summed E-state index contributed by atoms with van der Waals surface area (Å²) in [5.41, 5.74) is 5.38. The highest BCUT2D eigenvalue weighted by Gasteiger charge is 2.45. The van der Waals surface area contributed by atoms with Crippen molar-refractivity contribution in [2.24, 2.45) is 0 Å². The van der Waals surface area contributed by atoms with Gasteiger partial charge >= 0.3 is 0 Å². The summed E-state index contributed by atoms with van der Waals surface area (Å²) in [6, 6.07) is 4.83. The van der Waals surface area contributed by atoms with E-state index in [1.807, 2.05) is 0 Å². The summed E-state index contributed by atoms with van der Waals surface area (Å²) in [6.45, 7) is 11.8. The van der Waals surface area contributed by atoms with E-state index in [4.69, 9.17) is 0 Å². The van der Waals surface area contributed by atoms with Gasteiger partial charge < -0.3 is 5.11 Å². The molecule has 2 aliphatic heterocycles. The second-order valence-corrected chi connectivity index (χ2v) is 11.8. The van der Waals surface area contributed by atoms with Gasteiger partial charge in [-0.25, -0.2) is 0 Å². The van der Waals surface area contributed by atoms with Gasteiger partial charge in [-0.15, -0.1) is 0 Å². The molecule has 2 saturated heterocycles. The molecule has 2 bridgehead atoms. The third-order valence-electron chi connectivity index (χ3n) is 7.27. The summed E-state index contributed by atoms with van der Waals surface area (Å²) in [7, 11) is 0. The van der Waals surface area contributed by atoms with Gasteiger partial charge in [0.1, 0.15) is 0 Å².